The van der Waals surface area contributed by atoms with E-state index in [2.05, 4.69) is 30.2 Å². The fraction of sp³-hybridized carbons (Fsp3) is 0.320. The summed E-state index contributed by atoms with van der Waals surface area (Å²) in [7, 11) is -1.70. The van der Waals surface area contributed by atoms with Crippen LogP contribution in [0.15, 0.2) is 60.9 Å². The molecule has 0 spiro atoms. The second-order valence-corrected chi connectivity index (χ2v) is 11.1. The first-order valence-corrected chi connectivity index (χ1v) is 13.9. The number of carbonyl (C=O) groups excluding carboxylic acids is 1. The number of benzene rings is 1. The molecule has 2 aromatic heterocycles. The van der Waals surface area contributed by atoms with Gasteiger partial charge in [-0.25, -0.2) is 22.9 Å². The highest BCUT2D eigenvalue weighted by Crippen LogP contribution is 2.30. The standard InChI is InChI=1S/C25H29ClN6O4S/c1-36-20-8-9-22(27-15-20)21-16-32(24-10-3-17(13-28-24)14-29-37(2,34)35)12-11-23(21)31-25(33)30-19-6-4-18(26)5-7-19/h3-10,13,15,21,23,29H,11-12,14,16H2,1-2H3,(H2,30,31,33). The first kappa shape index (κ1) is 26.6. The first-order valence-electron chi connectivity index (χ1n) is 11.7. The molecule has 3 aromatic rings. The minimum absolute atomic E-state index is 0.107. The Kier molecular flexibility index (Phi) is 8.47. The highest BCUT2D eigenvalue weighted by molar-refractivity contribution is 7.88. The molecule has 12 heteroatoms. The smallest absolute Gasteiger partial charge is 0.319 e. The number of pyridine rings is 2. The van der Waals surface area contributed by atoms with Crippen molar-refractivity contribution in [1.29, 1.82) is 0 Å². The van der Waals surface area contributed by atoms with E-state index in [-0.39, 0.29) is 24.5 Å². The van der Waals surface area contributed by atoms with Crippen LogP contribution in [-0.2, 0) is 16.6 Å². The highest BCUT2D eigenvalue weighted by Gasteiger charge is 2.33. The lowest BCUT2D eigenvalue weighted by Gasteiger charge is -2.39. The van der Waals surface area contributed by atoms with Crippen molar-refractivity contribution in [2.75, 3.05) is 36.7 Å². The number of rotatable bonds is 8. The molecule has 37 heavy (non-hydrogen) atoms. The van der Waals surface area contributed by atoms with Crippen molar-refractivity contribution in [2.45, 2.75) is 24.9 Å². The quantitative estimate of drug-likeness (QED) is 0.397. The van der Waals surface area contributed by atoms with Gasteiger partial charge in [0.2, 0.25) is 10.0 Å². The zero-order valence-corrected chi connectivity index (χ0v) is 22.1. The van der Waals surface area contributed by atoms with Gasteiger partial charge in [0.15, 0.2) is 0 Å². The highest BCUT2D eigenvalue weighted by atomic mass is 35.5. The number of sulfonamides is 1. The average Bonchev–Trinajstić information content (AvgIpc) is 2.89. The van der Waals surface area contributed by atoms with Crippen LogP contribution in [0.25, 0.3) is 0 Å². The van der Waals surface area contributed by atoms with Crippen LogP contribution in [0.5, 0.6) is 5.75 Å². The molecule has 196 valence electrons. The molecule has 0 radical (unpaired) electrons. The number of anilines is 2. The molecule has 3 heterocycles. The summed E-state index contributed by atoms with van der Waals surface area (Å²) in [5, 5.41) is 6.55. The lowest BCUT2D eigenvalue weighted by molar-refractivity contribution is 0.243. The van der Waals surface area contributed by atoms with Crippen molar-refractivity contribution in [2.24, 2.45) is 0 Å². The number of carbonyl (C=O) groups is 1. The Morgan fingerprint density at radius 3 is 2.51 bits per heavy atom. The fourth-order valence-corrected chi connectivity index (χ4v) is 4.71. The maximum absolute atomic E-state index is 12.8. The summed E-state index contributed by atoms with van der Waals surface area (Å²) in [5.74, 6) is 1.32. The number of hydrogen-bond acceptors (Lipinski definition) is 7. The Morgan fingerprint density at radius 1 is 1.11 bits per heavy atom. The summed E-state index contributed by atoms with van der Waals surface area (Å²) in [6.07, 6.45) is 5.13. The van der Waals surface area contributed by atoms with Crippen molar-refractivity contribution >= 4 is 39.2 Å². The molecule has 4 rings (SSSR count). The largest absolute Gasteiger partial charge is 0.495 e. The SMILES string of the molecule is COc1ccc(C2CN(c3ccc(CNS(C)(=O)=O)cn3)CCC2NC(=O)Nc2ccc(Cl)cc2)nc1. The van der Waals surface area contributed by atoms with Crippen LogP contribution in [0, 0.1) is 0 Å². The van der Waals surface area contributed by atoms with Gasteiger partial charge in [-0.2, -0.15) is 0 Å². The van der Waals surface area contributed by atoms with Gasteiger partial charge >= 0.3 is 6.03 Å². The van der Waals surface area contributed by atoms with E-state index in [4.69, 9.17) is 16.3 Å². The third-order valence-electron chi connectivity index (χ3n) is 6.08. The molecule has 1 aliphatic rings. The molecule has 10 nitrogen and oxygen atoms in total. The van der Waals surface area contributed by atoms with Crippen LogP contribution in [0.4, 0.5) is 16.3 Å². The Balaban J connectivity index is 1.48. The van der Waals surface area contributed by atoms with Gasteiger partial charge < -0.3 is 20.3 Å². The zero-order chi connectivity index (χ0) is 26.4. The summed E-state index contributed by atoms with van der Waals surface area (Å²) in [5.41, 5.74) is 2.24. The minimum Gasteiger partial charge on any atom is -0.495 e. The van der Waals surface area contributed by atoms with Gasteiger partial charge in [-0.3, -0.25) is 4.98 Å². The molecule has 1 aliphatic heterocycles. The first-order chi connectivity index (χ1) is 17.7. The number of aromatic nitrogens is 2. The molecule has 0 bridgehead atoms. The lowest BCUT2D eigenvalue weighted by Crippen LogP contribution is -2.51. The van der Waals surface area contributed by atoms with E-state index in [1.807, 2.05) is 24.3 Å². The zero-order valence-electron chi connectivity index (χ0n) is 20.5. The predicted molar refractivity (Wildman–Crippen MR) is 144 cm³/mol. The number of amides is 2. The molecule has 2 unspecified atom stereocenters. The molecule has 3 N–H and O–H groups in total. The Hall–Kier alpha value is -3.41. The molecule has 2 atom stereocenters. The van der Waals surface area contributed by atoms with E-state index >= 15 is 0 Å². The number of hydrogen-bond donors (Lipinski definition) is 3. The Morgan fingerprint density at radius 2 is 1.89 bits per heavy atom. The number of urea groups is 1. The molecular weight excluding hydrogens is 516 g/mol. The van der Waals surface area contributed by atoms with Crippen LogP contribution in [0.2, 0.25) is 5.02 Å². The number of halogens is 1. The average molecular weight is 545 g/mol. The van der Waals surface area contributed by atoms with Crippen molar-refractivity contribution in [3.8, 4) is 5.75 Å². The van der Waals surface area contributed by atoms with Crippen LogP contribution in [0.1, 0.15) is 23.6 Å². The number of nitrogens with zero attached hydrogens (tertiary/aromatic N) is 3. The molecule has 2 amide bonds. The normalized spacial score (nSPS) is 17.8. The van der Waals surface area contributed by atoms with Crippen molar-refractivity contribution in [3.05, 3.63) is 77.2 Å². The van der Waals surface area contributed by atoms with Gasteiger partial charge in [-0.15, -0.1) is 0 Å². The van der Waals surface area contributed by atoms with E-state index < -0.39 is 10.0 Å². The number of piperidine rings is 1. The van der Waals surface area contributed by atoms with E-state index in [0.29, 0.717) is 36.0 Å². The molecule has 0 aliphatic carbocycles. The maximum atomic E-state index is 12.8. The van der Waals surface area contributed by atoms with Crippen LogP contribution in [0.3, 0.4) is 0 Å². The van der Waals surface area contributed by atoms with Crippen LogP contribution < -0.4 is 25.0 Å². The fourth-order valence-electron chi connectivity index (χ4n) is 4.16. The summed E-state index contributed by atoms with van der Waals surface area (Å²) in [4.78, 5) is 24.1. The predicted octanol–water partition coefficient (Wildman–Crippen LogP) is 3.37. The lowest BCUT2D eigenvalue weighted by atomic mass is 9.88. The summed E-state index contributed by atoms with van der Waals surface area (Å²) < 4.78 is 30.4. The summed E-state index contributed by atoms with van der Waals surface area (Å²) in [6.45, 7) is 1.44. The van der Waals surface area contributed by atoms with Gasteiger partial charge in [0.1, 0.15) is 11.6 Å². The monoisotopic (exact) mass is 544 g/mol. The third-order valence-corrected chi connectivity index (χ3v) is 7.00. The Labute approximate surface area is 221 Å². The maximum Gasteiger partial charge on any atom is 0.319 e. The second-order valence-electron chi connectivity index (χ2n) is 8.79. The van der Waals surface area contributed by atoms with Gasteiger partial charge in [-0.05, 0) is 54.4 Å². The minimum atomic E-state index is -3.28. The molecule has 1 fully saturated rings. The third kappa shape index (κ3) is 7.54. The molecular formula is C25H29ClN6O4S. The number of ether oxygens (including phenoxy) is 1. The molecule has 1 aromatic carbocycles. The summed E-state index contributed by atoms with van der Waals surface area (Å²) >= 11 is 5.94. The van der Waals surface area contributed by atoms with Crippen molar-refractivity contribution in [3.63, 3.8) is 0 Å². The molecule has 1 saturated heterocycles. The van der Waals surface area contributed by atoms with Crippen LogP contribution in [-0.4, -0.2) is 56.9 Å². The van der Waals surface area contributed by atoms with Gasteiger partial charge in [-0.1, -0.05) is 17.7 Å². The van der Waals surface area contributed by atoms with Gasteiger partial charge in [0.05, 0.1) is 19.6 Å². The topological polar surface area (TPSA) is 126 Å². The number of methoxy groups -OCH3 is 1. The van der Waals surface area contributed by atoms with Crippen LogP contribution >= 0.6 is 11.6 Å². The summed E-state index contributed by atoms with van der Waals surface area (Å²) in [6, 6.07) is 13.9. The van der Waals surface area contributed by atoms with E-state index in [1.165, 1.54) is 0 Å². The van der Waals surface area contributed by atoms with Gasteiger partial charge in [0.25, 0.3) is 0 Å². The van der Waals surface area contributed by atoms with Gasteiger partial charge in [0, 0.05) is 54.2 Å². The van der Waals surface area contributed by atoms with E-state index in [0.717, 1.165) is 23.3 Å². The Bertz CT molecular complexity index is 1300. The van der Waals surface area contributed by atoms with Crippen molar-refractivity contribution in [1.82, 2.24) is 20.0 Å². The van der Waals surface area contributed by atoms with Crippen molar-refractivity contribution < 1.29 is 17.9 Å². The van der Waals surface area contributed by atoms with E-state index in [1.54, 1.807) is 43.8 Å². The van der Waals surface area contributed by atoms with E-state index in [9.17, 15) is 13.2 Å². The second kappa shape index (κ2) is 11.8. The molecule has 0 saturated carbocycles. The number of nitrogens with one attached hydrogen (secondary N) is 3.